The van der Waals surface area contributed by atoms with E-state index in [4.69, 9.17) is 0 Å². The van der Waals surface area contributed by atoms with Gasteiger partial charge < -0.3 is 15.3 Å². The highest BCUT2D eigenvalue weighted by molar-refractivity contribution is 5.82. The van der Waals surface area contributed by atoms with Crippen LogP contribution in [0.4, 0.5) is 0 Å². The maximum Gasteiger partial charge on any atom is 0.226 e. The Morgan fingerprint density at radius 1 is 1.27 bits per heavy atom. The van der Waals surface area contributed by atoms with E-state index in [2.05, 4.69) is 24.1 Å². The molecule has 0 radical (unpaired) electrons. The van der Waals surface area contributed by atoms with Crippen LogP contribution in [0.1, 0.15) is 65.2 Å². The molecule has 1 aliphatic carbocycles. The van der Waals surface area contributed by atoms with Crippen molar-refractivity contribution >= 4 is 5.91 Å². The van der Waals surface area contributed by atoms with E-state index < -0.39 is 0 Å². The van der Waals surface area contributed by atoms with Crippen molar-refractivity contribution in [2.75, 3.05) is 26.2 Å². The predicted octanol–water partition coefficient (Wildman–Crippen LogP) is 2.56. The van der Waals surface area contributed by atoms with Gasteiger partial charge in [0.05, 0.1) is 6.10 Å². The molecule has 0 atom stereocenters. The van der Waals surface area contributed by atoms with E-state index in [0.29, 0.717) is 11.8 Å². The molecule has 4 nitrogen and oxygen atoms in total. The molecule has 1 heterocycles. The van der Waals surface area contributed by atoms with Crippen molar-refractivity contribution in [3.63, 3.8) is 0 Å². The topological polar surface area (TPSA) is 52.6 Å². The molecule has 1 saturated heterocycles. The Morgan fingerprint density at radius 2 is 1.91 bits per heavy atom. The molecule has 128 valence electrons. The molecule has 2 fully saturated rings. The molecule has 0 aromatic heterocycles. The van der Waals surface area contributed by atoms with Crippen LogP contribution in [0, 0.1) is 11.3 Å². The zero-order chi connectivity index (χ0) is 16.0. The lowest BCUT2D eigenvalue weighted by Crippen LogP contribution is -2.42. The lowest BCUT2D eigenvalue weighted by molar-refractivity contribution is -0.131. The molecule has 0 aromatic carbocycles. The van der Waals surface area contributed by atoms with E-state index in [-0.39, 0.29) is 11.5 Å². The average Bonchev–Trinajstić information content (AvgIpc) is 2.94. The minimum Gasteiger partial charge on any atom is -0.393 e. The summed E-state index contributed by atoms with van der Waals surface area (Å²) in [5, 5.41) is 12.7. The second kappa shape index (κ2) is 8.30. The minimum atomic E-state index is -0.103. The van der Waals surface area contributed by atoms with Gasteiger partial charge in [0.1, 0.15) is 0 Å². The number of aliphatic hydroxyl groups is 1. The molecule has 22 heavy (non-hydrogen) atoms. The van der Waals surface area contributed by atoms with Gasteiger partial charge in [0.15, 0.2) is 0 Å². The Morgan fingerprint density at radius 3 is 2.50 bits per heavy atom. The third-order valence-corrected chi connectivity index (χ3v) is 5.34. The van der Waals surface area contributed by atoms with Crippen molar-refractivity contribution in [2.24, 2.45) is 11.3 Å². The summed E-state index contributed by atoms with van der Waals surface area (Å²) >= 11 is 0. The highest BCUT2D eigenvalue weighted by Gasteiger charge is 2.40. The van der Waals surface area contributed by atoms with E-state index in [9.17, 15) is 9.90 Å². The second-order valence-electron chi connectivity index (χ2n) is 7.77. The Labute approximate surface area is 135 Å². The van der Waals surface area contributed by atoms with Gasteiger partial charge in [0.2, 0.25) is 5.91 Å². The summed E-state index contributed by atoms with van der Waals surface area (Å²) in [6, 6.07) is 0. The van der Waals surface area contributed by atoms with Crippen LogP contribution in [0.25, 0.3) is 0 Å². The smallest absolute Gasteiger partial charge is 0.226 e. The van der Waals surface area contributed by atoms with Crippen LogP contribution in [-0.2, 0) is 4.79 Å². The summed E-state index contributed by atoms with van der Waals surface area (Å²) in [4.78, 5) is 15.0. The van der Waals surface area contributed by atoms with Gasteiger partial charge in [0.25, 0.3) is 0 Å². The molecule has 2 rings (SSSR count). The molecular weight excluding hydrogens is 276 g/mol. The highest BCUT2D eigenvalue weighted by Crippen LogP contribution is 2.43. The van der Waals surface area contributed by atoms with Crippen molar-refractivity contribution in [1.29, 1.82) is 0 Å². The van der Waals surface area contributed by atoms with Gasteiger partial charge >= 0.3 is 0 Å². The molecule has 2 aliphatic rings. The zero-order valence-electron chi connectivity index (χ0n) is 14.4. The number of rotatable bonds is 7. The number of hydrogen-bond acceptors (Lipinski definition) is 3. The Balaban J connectivity index is 1.68. The first-order valence-electron chi connectivity index (χ1n) is 9.20. The van der Waals surface area contributed by atoms with Gasteiger partial charge in [-0.1, -0.05) is 26.7 Å². The van der Waals surface area contributed by atoms with Crippen molar-refractivity contribution < 1.29 is 9.90 Å². The second-order valence-corrected chi connectivity index (χ2v) is 7.77. The van der Waals surface area contributed by atoms with Gasteiger partial charge in [-0.25, -0.2) is 0 Å². The molecular formula is C18H34N2O2. The molecule has 2 N–H and O–H groups in total. The van der Waals surface area contributed by atoms with E-state index in [0.717, 1.165) is 64.7 Å². The summed E-state index contributed by atoms with van der Waals surface area (Å²) in [7, 11) is 0. The van der Waals surface area contributed by atoms with Crippen LogP contribution < -0.4 is 5.32 Å². The fraction of sp³-hybridized carbons (Fsp3) is 0.944. The molecule has 4 heteroatoms. The van der Waals surface area contributed by atoms with E-state index in [1.807, 2.05) is 0 Å². The number of nitrogens with one attached hydrogen (secondary N) is 1. The molecule has 1 amide bonds. The largest absolute Gasteiger partial charge is 0.393 e. The molecule has 0 aromatic rings. The van der Waals surface area contributed by atoms with Gasteiger partial charge in [-0.15, -0.1) is 0 Å². The lowest BCUT2D eigenvalue weighted by Gasteiger charge is -2.31. The Bertz CT molecular complexity index is 343. The van der Waals surface area contributed by atoms with Gasteiger partial charge in [0, 0.05) is 25.0 Å². The summed E-state index contributed by atoms with van der Waals surface area (Å²) < 4.78 is 0. The van der Waals surface area contributed by atoms with E-state index in [1.165, 1.54) is 12.8 Å². The van der Waals surface area contributed by atoms with Gasteiger partial charge in [-0.05, 0) is 51.0 Å². The Hall–Kier alpha value is -0.610. The van der Waals surface area contributed by atoms with Crippen LogP contribution in [0.3, 0.4) is 0 Å². The number of carbonyl (C=O) groups excluding carboxylic acids is 1. The summed E-state index contributed by atoms with van der Waals surface area (Å²) in [6.45, 7) is 8.25. The first kappa shape index (κ1) is 17.7. The van der Waals surface area contributed by atoms with Crippen molar-refractivity contribution in [2.45, 2.75) is 71.3 Å². The standard InChI is InChI=1S/C18H34N2O2/c1-15(2)14-18(8-3-4-9-18)17(22)19-10-5-11-20-12-6-16(21)7-13-20/h15-16,21H,3-14H2,1-2H3,(H,19,22). The summed E-state index contributed by atoms with van der Waals surface area (Å²) in [5.41, 5.74) is -0.0800. The highest BCUT2D eigenvalue weighted by atomic mass is 16.3. The number of likely N-dealkylation sites (tertiary alicyclic amines) is 1. The normalized spacial score (nSPS) is 23.1. The van der Waals surface area contributed by atoms with Crippen LogP contribution in [-0.4, -0.2) is 48.2 Å². The third kappa shape index (κ3) is 4.95. The maximum atomic E-state index is 12.6. The van der Waals surface area contributed by atoms with Crippen LogP contribution in [0.5, 0.6) is 0 Å². The first-order valence-corrected chi connectivity index (χ1v) is 9.20. The Kier molecular flexibility index (Phi) is 6.69. The molecule has 1 aliphatic heterocycles. The molecule has 1 saturated carbocycles. The van der Waals surface area contributed by atoms with Crippen LogP contribution in [0.2, 0.25) is 0 Å². The minimum absolute atomic E-state index is 0.0800. The quantitative estimate of drug-likeness (QED) is 0.711. The molecule has 0 spiro atoms. The number of hydrogen-bond donors (Lipinski definition) is 2. The number of piperidine rings is 1. The number of amides is 1. The van der Waals surface area contributed by atoms with Crippen molar-refractivity contribution in [1.82, 2.24) is 10.2 Å². The monoisotopic (exact) mass is 310 g/mol. The third-order valence-electron chi connectivity index (χ3n) is 5.34. The predicted molar refractivity (Wildman–Crippen MR) is 89.7 cm³/mol. The van der Waals surface area contributed by atoms with E-state index >= 15 is 0 Å². The first-order chi connectivity index (χ1) is 10.5. The molecule has 0 unspecified atom stereocenters. The van der Waals surface area contributed by atoms with Crippen LogP contribution in [0.15, 0.2) is 0 Å². The van der Waals surface area contributed by atoms with Crippen molar-refractivity contribution in [3.8, 4) is 0 Å². The number of nitrogens with zero attached hydrogens (tertiary/aromatic N) is 1. The van der Waals surface area contributed by atoms with E-state index in [1.54, 1.807) is 0 Å². The molecule has 0 bridgehead atoms. The van der Waals surface area contributed by atoms with Gasteiger partial charge in [-0.3, -0.25) is 4.79 Å². The maximum absolute atomic E-state index is 12.6. The number of aliphatic hydroxyl groups excluding tert-OH is 1. The average molecular weight is 310 g/mol. The fourth-order valence-electron chi connectivity index (χ4n) is 4.19. The SMILES string of the molecule is CC(C)CC1(C(=O)NCCCN2CCC(O)CC2)CCCC1. The lowest BCUT2D eigenvalue weighted by atomic mass is 9.77. The zero-order valence-corrected chi connectivity index (χ0v) is 14.4. The number of carbonyl (C=O) groups is 1. The summed E-state index contributed by atoms with van der Waals surface area (Å²) in [5.74, 6) is 0.886. The van der Waals surface area contributed by atoms with Crippen molar-refractivity contribution in [3.05, 3.63) is 0 Å². The summed E-state index contributed by atoms with van der Waals surface area (Å²) in [6.07, 6.45) is 8.28. The van der Waals surface area contributed by atoms with Crippen LogP contribution >= 0.6 is 0 Å². The van der Waals surface area contributed by atoms with Gasteiger partial charge in [-0.2, -0.15) is 0 Å². The fourth-order valence-corrected chi connectivity index (χ4v) is 4.19.